The molecule has 0 atom stereocenters. The van der Waals surface area contributed by atoms with Crippen LogP contribution in [0.15, 0.2) is 34.9 Å². The number of nitrogens with two attached hydrogens (primary N) is 1. The molecule has 1 aromatic carbocycles. The van der Waals surface area contributed by atoms with Gasteiger partial charge in [-0.1, -0.05) is 0 Å². The minimum atomic E-state index is -4.63. The topological polar surface area (TPSA) is 48.1 Å². The maximum atomic E-state index is 13.4. The van der Waals surface area contributed by atoms with Crippen molar-refractivity contribution in [1.82, 2.24) is 4.98 Å². The van der Waals surface area contributed by atoms with Crippen molar-refractivity contribution in [1.29, 1.82) is 0 Å². The molecule has 0 fully saturated rings. The van der Waals surface area contributed by atoms with Crippen molar-refractivity contribution in [2.45, 2.75) is 6.18 Å². The van der Waals surface area contributed by atoms with E-state index in [4.69, 9.17) is 10.5 Å². The van der Waals surface area contributed by atoms with Gasteiger partial charge in [-0.05, 0) is 34.1 Å². The lowest BCUT2D eigenvalue weighted by Crippen LogP contribution is -2.08. The molecule has 0 saturated carbocycles. The lowest BCUT2D eigenvalue weighted by molar-refractivity contribution is -0.138. The number of aromatic nitrogens is 1. The number of anilines is 1. The van der Waals surface area contributed by atoms with Gasteiger partial charge in [0.1, 0.15) is 11.4 Å². The number of pyridine rings is 1. The van der Waals surface area contributed by atoms with E-state index in [-0.39, 0.29) is 15.9 Å². The molecule has 0 saturated heterocycles. The van der Waals surface area contributed by atoms with Crippen LogP contribution in [0.5, 0.6) is 11.6 Å². The lowest BCUT2D eigenvalue weighted by Gasteiger charge is -2.13. The second kappa shape index (κ2) is 5.28. The average molecular weight is 351 g/mol. The Morgan fingerprint density at radius 1 is 1.25 bits per heavy atom. The smallest absolute Gasteiger partial charge is 0.421 e. The van der Waals surface area contributed by atoms with Gasteiger partial charge in [0.05, 0.1) is 10.2 Å². The van der Waals surface area contributed by atoms with Crippen LogP contribution in [-0.2, 0) is 6.18 Å². The summed E-state index contributed by atoms with van der Waals surface area (Å²) in [6, 6.07) is 4.02. The summed E-state index contributed by atoms with van der Waals surface area (Å²) < 4.78 is 56.7. The van der Waals surface area contributed by atoms with Gasteiger partial charge in [-0.3, -0.25) is 0 Å². The van der Waals surface area contributed by atoms with Gasteiger partial charge in [0.15, 0.2) is 5.75 Å². The zero-order valence-electron chi connectivity index (χ0n) is 9.71. The Labute approximate surface area is 119 Å². The number of nitrogens with zero attached hydrogens (tertiary/aromatic N) is 1. The molecule has 1 aromatic heterocycles. The van der Waals surface area contributed by atoms with Crippen molar-refractivity contribution < 1.29 is 22.3 Å². The molecule has 0 radical (unpaired) electrons. The number of hydrogen-bond donors (Lipinski definition) is 1. The van der Waals surface area contributed by atoms with E-state index in [0.29, 0.717) is 0 Å². The van der Waals surface area contributed by atoms with Crippen LogP contribution in [0.3, 0.4) is 0 Å². The number of alkyl halides is 3. The van der Waals surface area contributed by atoms with Crippen molar-refractivity contribution in [2.24, 2.45) is 0 Å². The van der Waals surface area contributed by atoms with E-state index in [1.54, 1.807) is 0 Å². The molecular formula is C12H7BrF4N2O. The SMILES string of the molecule is Nc1cc(Br)c(F)cc1Oc1ncccc1C(F)(F)F. The molecule has 0 aliphatic carbocycles. The first-order chi connectivity index (χ1) is 9.29. The Morgan fingerprint density at radius 3 is 2.60 bits per heavy atom. The van der Waals surface area contributed by atoms with E-state index in [0.717, 1.165) is 24.4 Å². The zero-order valence-corrected chi connectivity index (χ0v) is 11.3. The van der Waals surface area contributed by atoms with Crippen molar-refractivity contribution in [3.63, 3.8) is 0 Å². The Morgan fingerprint density at radius 2 is 1.95 bits per heavy atom. The highest BCUT2D eigenvalue weighted by molar-refractivity contribution is 9.10. The summed E-state index contributed by atoms with van der Waals surface area (Å²) in [6.45, 7) is 0. The minimum Gasteiger partial charge on any atom is -0.436 e. The van der Waals surface area contributed by atoms with E-state index in [9.17, 15) is 17.6 Å². The first kappa shape index (κ1) is 14.6. The summed E-state index contributed by atoms with van der Waals surface area (Å²) >= 11 is 2.91. The summed E-state index contributed by atoms with van der Waals surface area (Å²) in [7, 11) is 0. The highest BCUT2D eigenvalue weighted by Crippen LogP contribution is 2.38. The van der Waals surface area contributed by atoms with Crippen LogP contribution >= 0.6 is 15.9 Å². The summed E-state index contributed by atoms with van der Waals surface area (Å²) in [5.74, 6) is -1.64. The molecule has 1 heterocycles. The largest absolute Gasteiger partial charge is 0.436 e. The van der Waals surface area contributed by atoms with Crippen molar-refractivity contribution >= 4 is 21.6 Å². The van der Waals surface area contributed by atoms with Crippen LogP contribution in [0, 0.1) is 5.82 Å². The van der Waals surface area contributed by atoms with E-state index in [2.05, 4.69) is 20.9 Å². The number of rotatable bonds is 2. The molecule has 2 rings (SSSR count). The first-order valence-electron chi connectivity index (χ1n) is 5.23. The Bertz CT molecular complexity index is 646. The fourth-order valence-corrected chi connectivity index (χ4v) is 1.79. The maximum Gasteiger partial charge on any atom is 0.421 e. The highest BCUT2D eigenvalue weighted by atomic mass is 79.9. The number of benzene rings is 1. The van der Waals surface area contributed by atoms with Crippen LogP contribution in [0.2, 0.25) is 0 Å². The second-order valence-electron chi connectivity index (χ2n) is 3.76. The standard InChI is InChI=1S/C12H7BrF4N2O/c13-7-4-9(18)10(5-8(7)14)20-11-6(12(15,16)17)2-1-3-19-11/h1-5H,18H2. The maximum absolute atomic E-state index is 13.4. The molecule has 2 aromatic rings. The van der Waals surface area contributed by atoms with Gasteiger partial charge < -0.3 is 10.5 Å². The Balaban J connectivity index is 2.43. The molecule has 0 spiro atoms. The normalized spacial score (nSPS) is 11.4. The first-order valence-corrected chi connectivity index (χ1v) is 6.03. The van der Waals surface area contributed by atoms with Gasteiger partial charge in [0.2, 0.25) is 5.88 Å². The number of ether oxygens (including phenoxy) is 1. The molecule has 3 nitrogen and oxygen atoms in total. The van der Waals surface area contributed by atoms with Crippen molar-refractivity contribution in [3.8, 4) is 11.6 Å². The molecule has 8 heteroatoms. The van der Waals surface area contributed by atoms with Gasteiger partial charge in [-0.25, -0.2) is 9.37 Å². The van der Waals surface area contributed by atoms with Crippen molar-refractivity contribution in [3.05, 3.63) is 46.3 Å². The molecule has 20 heavy (non-hydrogen) atoms. The Kier molecular flexibility index (Phi) is 3.85. The van der Waals surface area contributed by atoms with E-state index in [1.807, 2.05) is 0 Å². The average Bonchev–Trinajstić information content (AvgIpc) is 2.35. The molecule has 106 valence electrons. The number of nitrogen functional groups attached to an aromatic ring is 1. The fourth-order valence-electron chi connectivity index (χ4n) is 1.42. The second-order valence-corrected chi connectivity index (χ2v) is 4.61. The minimum absolute atomic E-state index is 0.0166. The molecule has 0 bridgehead atoms. The van der Waals surface area contributed by atoms with Crippen LogP contribution in [-0.4, -0.2) is 4.98 Å². The van der Waals surface area contributed by atoms with Crippen LogP contribution in [0.4, 0.5) is 23.2 Å². The lowest BCUT2D eigenvalue weighted by atomic mass is 10.2. The summed E-state index contributed by atoms with van der Waals surface area (Å²) in [4.78, 5) is 3.50. The summed E-state index contributed by atoms with van der Waals surface area (Å²) in [5, 5.41) is 0. The molecule has 2 N–H and O–H groups in total. The third-order valence-electron chi connectivity index (χ3n) is 2.34. The zero-order chi connectivity index (χ0) is 14.9. The van der Waals surface area contributed by atoms with Gasteiger partial charge in [0.25, 0.3) is 0 Å². The molecule has 0 aliphatic heterocycles. The van der Waals surface area contributed by atoms with Crippen LogP contribution in [0.1, 0.15) is 5.56 Å². The van der Waals surface area contributed by atoms with Crippen molar-refractivity contribution in [2.75, 3.05) is 5.73 Å². The molecule has 0 amide bonds. The summed E-state index contributed by atoms with van der Waals surface area (Å²) in [6.07, 6.45) is -3.50. The predicted molar refractivity (Wildman–Crippen MR) is 67.8 cm³/mol. The fraction of sp³-hybridized carbons (Fsp3) is 0.0833. The van der Waals surface area contributed by atoms with Crippen LogP contribution in [0.25, 0.3) is 0 Å². The van der Waals surface area contributed by atoms with E-state index in [1.165, 1.54) is 6.07 Å². The highest BCUT2D eigenvalue weighted by Gasteiger charge is 2.35. The molecule has 0 unspecified atom stereocenters. The monoisotopic (exact) mass is 350 g/mol. The summed E-state index contributed by atoms with van der Waals surface area (Å²) in [5.41, 5.74) is 4.48. The van der Waals surface area contributed by atoms with E-state index >= 15 is 0 Å². The molecular weight excluding hydrogens is 344 g/mol. The third-order valence-corrected chi connectivity index (χ3v) is 2.94. The quantitative estimate of drug-likeness (QED) is 0.645. The van der Waals surface area contributed by atoms with Crippen LogP contribution < -0.4 is 10.5 Å². The third kappa shape index (κ3) is 3.01. The van der Waals surface area contributed by atoms with Gasteiger partial charge in [-0.2, -0.15) is 13.2 Å². The number of hydrogen-bond acceptors (Lipinski definition) is 3. The predicted octanol–water partition coefficient (Wildman–Crippen LogP) is 4.38. The van der Waals surface area contributed by atoms with Gasteiger partial charge in [-0.15, -0.1) is 0 Å². The van der Waals surface area contributed by atoms with Gasteiger partial charge >= 0.3 is 6.18 Å². The van der Waals surface area contributed by atoms with E-state index < -0.39 is 23.4 Å². The van der Waals surface area contributed by atoms with Gasteiger partial charge in [0, 0.05) is 12.3 Å². The Hall–Kier alpha value is -1.83. The molecule has 0 aliphatic rings. The number of halogens is 5.